The minimum atomic E-state index is 0.385. The zero-order valence-electron chi connectivity index (χ0n) is 10.0. The molecule has 1 aromatic heterocycles. The Morgan fingerprint density at radius 2 is 2.00 bits per heavy atom. The number of hydrogen-bond acceptors (Lipinski definition) is 4. The maximum atomic E-state index is 8.71. The van der Waals surface area contributed by atoms with Crippen LogP contribution in [0.25, 0.3) is 0 Å². The van der Waals surface area contributed by atoms with Crippen molar-refractivity contribution in [3.05, 3.63) is 53.9 Å². The van der Waals surface area contributed by atoms with E-state index in [1.54, 1.807) is 12.3 Å². The van der Waals surface area contributed by atoms with Gasteiger partial charge in [-0.3, -0.25) is 0 Å². The van der Waals surface area contributed by atoms with Crippen LogP contribution in [-0.4, -0.2) is 16.5 Å². The van der Waals surface area contributed by atoms with Crippen LogP contribution in [0.4, 0.5) is 5.95 Å². The molecule has 2 aromatic rings. The third-order valence-electron chi connectivity index (χ3n) is 2.54. The van der Waals surface area contributed by atoms with Gasteiger partial charge in [0.2, 0.25) is 5.95 Å². The first kappa shape index (κ1) is 12.1. The quantitative estimate of drug-likeness (QED) is 0.812. The Hall–Kier alpha value is -2.41. The standard InChI is InChI=1S/C14H14N4/c15-11-13-8-10-17-14(18-13)16-9-4-7-12-5-2-1-3-6-12/h1-3,5-6,8,10H,4,7,9H2,(H,16,17,18). The molecule has 1 aromatic carbocycles. The molecule has 0 aliphatic rings. The number of nitriles is 1. The summed E-state index contributed by atoms with van der Waals surface area (Å²) < 4.78 is 0. The van der Waals surface area contributed by atoms with Crippen molar-refractivity contribution in [2.45, 2.75) is 12.8 Å². The lowest BCUT2D eigenvalue weighted by Crippen LogP contribution is -2.06. The van der Waals surface area contributed by atoms with Gasteiger partial charge in [0.25, 0.3) is 0 Å². The number of aryl methyl sites for hydroxylation is 1. The van der Waals surface area contributed by atoms with E-state index in [0.717, 1.165) is 19.4 Å². The SMILES string of the molecule is N#Cc1ccnc(NCCCc2ccccc2)n1. The number of benzene rings is 1. The van der Waals surface area contributed by atoms with E-state index in [-0.39, 0.29) is 0 Å². The fourth-order valence-electron chi connectivity index (χ4n) is 1.64. The summed E-state index contributed by atoms with van der Waals surface area (Å²) >= 11 is 0. The lowest BCUT2D eigenvalue weighted by atomic mass is 10.1. The van der Waals surface area contributed by atoms with Crippen LogP contribution in [0.5, 0.6) is 0 Å². The molecule has 0 radical (unpaired) electrons. The van der Waals surface area contributed by atoms with E-state index in [1.807, 2.05) is 24.3 Å². The Balaban J connectivity index is 1.77. The second kappa shape index (κ2) is 6.36. The summed E-state index contributed by atoms with van der Waals surface area (Å²) in [6, 6.07) is 13.9. The first-order chi connectivity index (χ1) is 8.88. The van der Waals surface area contributed by atoms with E-state index < -0.39 is 0 Å². The summed E-state index contributed by atoms with van der Waals surface area (Å²) in [6.45, 7) is 0.795. The van der Waals surface area contributed by atoms with Crippen LogP contribution in [0.1, 0.15) is 17.7 Å². The van der Waals surface area contributed by atoms with Gasteiger partial charge in [0, 0.05) is 12.7 Å². The Labute approximate surface area is 106 Å². The molecule has 4 nitrogen and oxygen atoms in total. The average Bonchev–Trinajstić information content (AvgIpc) is 2.45. The van der Waals surface area contributed by atoms with Crippen LogP contribution in [0.3, 0.4) is 0 Å². The molecule has 0 aliphatic heterocycles. The predicted molar refractivity (Wildman–Crippen MR) is 70.0 cm³/mol. The normalized spacial score (nSPS) is 9.72. The van der Waals surface area contributed by atoms with E-state index in [9.17, 15) is 0 Å². The fraction of sp³-hybridized carbons (Fsp3) is 0.214. The molecule has 0 atom stereocenters. The molecule has 2 rings (SSSR count). The van der Waals surface area contributed by atoms with Crippen LogP contribution in [0.15, 0.2) is 42.6 Å². The highest BCUT2D eigenvalue weighted by molar-refractivity contribution is 5.29. The van der Waals surface area contributed by atoms with Gasteiger partial charge in [-0.05, 0) is 24.5 Å². The molecule has 0 saturated carbocycles. The summed E-state index contributed by atoms with van der Waals surface area (Å²) in [5.74, 6) is 0.516. The first-order valence-corrected chi connectivity index (χ1v) is 5.89. The molecular weight excluding hydrogens is 224 g/mol. The van der Waals surface area contributed by atoms with E-state index in [2.05, 4.69) is 27.4 Å². The van der Waals surface area contributed by atoms with Gasteiger partial charge in [-0.1, -0.05) is 30.3 Å². The second-order valence-electron chi connectivity index (χ2n) is 3.89. The van der Waals surface area contributed by atoms with Crippen molar-refractivity contribution >= 4 is 5.95 Å². The molecule has 0 spiro atoms. The lowest BCUT2D eigenvalue weighted by molar-refractivity contribution is 0.852. The van der Waals surface area contributed by atoms with E-state index in [1.165, 1.54) is 5.56 Å². The minimum Gasteiger partial charge on any atom is -0.354 e. The minimum absolute atomic E-state index is 0.385. The summed E-state index contributed by atoms with van der Waals surface area (Å²) in [6.07, 6.45) is 3.61. The maximum Gasteiger partial charge on any atom is 0.223 e. The Bertz CT molecular complexity index is 531. The van der Waals surface area contributed by atoms with Gasteiger partial charge < -0.3 is 5.32 Å². The van der Waals surface area contributed by atoms with Gasteiger partial charge in [0.1, 0.15) is 11.8 Å². The molecular formula is C14H14N4. The van der Waals surface area contributed by atoms with Crippen molar-refractivity contribution in [2.24, 2.45) is 0 Å². The summed E-state index contributed by atoms with van der Waals surface area (Å²) in [4.78, 5) is 8.11. The predicted octanol–water partition coefficient (Wildman–Crippen LogP) is 2.39. The number of rotatable bonds is 5. The molecule has 90 valence electrons. The molecule has 0 saturated heterocycles. The maximum absolute atomic E-state index is 8.71. The Morgan fingerprint density at radius 3 is 2.78 bits per heavy atom. The van der Waals surface area contributed by atoms with Crippen molar-refractivity contribution in [1.82, 2.24) is 9.97 Å². The number of aromatic nitrogens is 2. The fourth-order valence-corrected chi connectivity index (χ4v) is 1.64. The number of nitrogens with one attached hydrogen (secondary N) is 1. The van der Waals surface area contributed by atoms with Crippen molar-refractivity contribution in [2.75, 3.05) is 11.9 Å². The number of anilines is 1. The van der Waals surface area contributed by atoms with Crippen molar-refractivity contribution < 1.29 is 0 Å². The number of nitrogens with zero attached hydrogens (tertiary/aromatic N) is 3. The molecule has 1 heterocycles. The average molecular weight is 238 g/mol. The van der Waals surface area contributed by atoms with Gasteiger partial charge in [-0.2, -0.15) is 5.26 Å². The lowest BCUT2D eigenvalue weighted by Gasteiger charge is -2.04. The van der Waals surface area contributed by atoms with Crippen molar-refractivity contribution in [3.8, 4) is 6.07 Å². The molecule has 1 N–H and O–H groups in total. The van der Waals surface area contributed by atoms with Gasteiger partial charge in [-0.25, -0.2) is 9.97 Å². The van der Waals surface area contributed by atoms with Gasteiger partial charge >= 0.3 is 0 Å². The largest absolute Gasteiger partial charge is 0.354 e. The zero-order valence-corrected chi connectivity index (χ0v) is 10.0. The third-order valence-corrected chi connectivity index (χ3v) is 2.54. The van der Waals surface area contributed by atoms with E-state index in [0.29, 0.717) is 11.6 Å². The van der Waals surface area contributed by atoms with Crippen LogP contribution in [0.2, 0.25) is 0 Å². The van der Waals surface area contributed by atoms with E-state index in [4.69, 9.17) is 5.26 Å². The Kier molecular flexibility index (Phi) is 4.26. The molecule has 0 fully saturated rings. The van der Waals surface area contributed by atoms with Crippen LogP contribution in [0, 0.1) is 11.3 Å². The topological polar surface area (TPSA) is 61.6 Å². The molecule has 0 bridgehead atoms. The van der Waals surface area contributed by atoms with Gasteiger partial charge in [0.15, 0.2) is 0 Å². The summed E-state index contributed by atoms with van der Waals surface area (Å²) in [5, 5.41) is 11.8. The van der Waals surface area contributed by atoms with Crippen molar-refractivity contribution in [3.63, 3.8) is 0 Å². The van der Waals surface area contributed by atoms with Gasteiger partial charge in [0.05, 0.1) is 0 Å². The number of hydrogen-bond donors (Lipinski definition) is 1. The van der Waals surface area contributed by atoms with Gasteiger partial charge in [-0.15, -0.1) is 0 Å². The molecule has 18 heavy (non-hydrogen) atoms. The highest BCUT2D eigenvalue weighted by atomic mass is 15.1. The monoisotopic (exact) mass is 238 g/mol. The van der Waals surface area contributed by atoms with Crippen molar-refractivity contribution in [1.29, 1.82) is 5.26 Å². The molecule has 0 aliphatic carbocycles. The highest BCUT2D eigenvalue weighted by Gasteiger charge is 1.97. The Morgan fingerprint density at radius 1 is 1.17 bits per heavy atom. The second-order valence-corrected chi connectivity index (χ2v) is 3.89. The molecule has 0 unspecified atom stereocenters. The zero-order chi connectivity index (χ0) is 12.6. The smallest absolute Gasteiger partial charge is 0.223 e. The first-order valence-electron chi connectivity index (χ1n) is 5.89. The van der Waals surface area contributed by atoms with Crippen LogP contribution < -0.4 is 5.32 Å². The molecule has 4 heteroatoms. The van der Waals surface area contributed by atoms with Crippen LogP contribution in [-0.2, 0) is 6.42 Å². The summed E-state index contributed by atoms with van der Waals surface area (Å²) in [7, 11) is 0. The molecule has 0 amide bonds. The van der Waals surface area contributed by atoms with Crippen LogP contribution >= 0.6 is 0 Å². The van der Waals surface area contributed by atoms with E-state index >= 15 is 0 Å². The summed E-state index contributed by atoms with van der Waals surface area (Å²) in [5.41, 5.74) is 1.71. The third kappa shape index (κ3) is 3.56. The highest BCUT2D eigenvalue weighted by Crippen LogP contribution is 2.03.